The van der Waals surface area contributed by atoms with Gasteiger partial charge < -0.3 is 0 Å². The summed E-state index contributed by atoms with van der Waals surface area (Å²) in [7, 11) is 0. The van der Waals surface area contributed by atoms with E-state index >= 15 is 0 Å². The van der Waals surface area contributed by atoms with Crippen molar-refractivity contribution in [3.63, 3.8) is 0 Å². The number of rotatable bonds is 5. The van der Waals surface area contributed by atoms with Gasteiger partial charge in [0.05, 0.1) is 6.54 Å². The molecule has 20 heavy (non-hydrogen) atoms. The minimum absolute atomic E-state index is 0.133. The van der Waals surface area contributed by atoms with Crippen molar-refractivity contribution in [2.45, 2.75) is 11.7 Å². The Kier molecular flexibility index (Phi) is 4.47. The maximum Gasteiger partial charge on any atom is 0.301 e. The minimum Gasteiger partial charge on any atom is -0.299 e. The molecule has 0 atom stereocenters. The van der Waals surface area contributed by atoms with Crippen LogP contribution >= 0.6 is 11.8 Å². The predicted octanol–water partition coefficient (Wildman–Crippen LogP) is 2.68. The molecule has 6 heteroatoms. The van der Waals surface area contributed by atoms with Crippen LogP contribution in [-0.4, -0.2) is 29.2 Å². The second-order valence-electron chi connectivity index (χ2n) is 3.96. The van der Waals surface area contributed by atoms with E-state index in [1.54, 1.807) is 0 Å². The lowest BCUT2D eigenvalue weighted by atomic mass is 10.2. The number of aliphatic imine (C=N–C) groups is 2. The number of nitrogens with zero attached hydrogens (tertiary/aromatic N) is 4. The highest BCUT2D eigenvalue weighted by Gasteiger charge is 2.15. The third-order valence-electron chi connectivity index (χ3n) is 2.77. The molecule has 0 aliphatic carbocycles. The molecule has 1 heterocycles. The lowest BCUT2D eigenvalue weighted by Gasteiger charge is -2.15. The van der Waals surface area contributed by atoms with Crippen LogP contribution in [0.3, 0.4) is 0 Å². The Morgan fingerprint density at radius 3 is 2.50 bits per heavy atom. The zero-order valence-corrected chi connectivity index (χ0v) is 11.9. The Bertz CT molecular complexity index is 694. The van der Waals surface area contributed by atoms with Gasteiger partial charge in [0, 0.05) is 0 Å². The average Bonchev–Trinajstić information content (AvgIpc) is 2.49. The van der Waals surface area contributed by atoms with E-state index in [9.17, 15) is 4.79 Å². The zero-order valence-electron chi connectivity index (χ0n) is 11.1. The fourth-order valence-corrected chi connectivity index (χ4v) is 2.42. The third-order valence-corrected chi connectivity index (χ3v) is 3.45. The summed E-state index contributed by atoms with van der Waals surface area (Å²) in [6, 6.07) is 9.85. The van der Waals surface area contributed by atoms with Gasteiger partial charge in [-0.1, -0.05) is 42.1 Å². The van der Waals surface area contributed by atoms with Crippen molar-refractivity contribution in [2.24, 2.45) is 9.98 Å². The maximum absolute atomic E-state index is 11.9. The van der Waals surface area contributed by atoms with Crippen LogP contribution in [0, 0.1) is 0 Å². The topological polar surface area (TPSA) is 59.6 Å². The summed E-state index contributed by atoms with van der Waals surface area (Å²) >= 11 is 1.38. The Balaban J connectivity index is 2.63. The summed E-state index contributed by atoms with van der Waals surface area (Å²) in [6.07, 6.45) is 1.86. The van der Waals surface area contributed by atoms with Gasteiger partial charge in [-0.25, -0.2) is 4.99 Å². The first-order valence-corrected chi connectivity index (χ1v) is 7.10. The summed E-state index contributed by atoms with van der Waals surface area (Å²) in [6.45, 7) is 7.47. The number of hydrogen-bond donors (Lipinski definition) is 0. The number of aromatic nitrogens is 2. The van der Waals surface area contributed by atoms with Gasteiger partial charge >= 0.3 is 5.56 Å². The summed E-state index contributed by atoms with van der Waals surface area (Å²) < 4.78 is 1.82. The van der Waals surface area contributed by atoms with E-state index in [1.165, 1.54) is 11.8 Å². The fraction of sp³-hybridized carbons (Fsp3) is 0.143. The van der Waals surface area contributed by atoms with Crippen LogP contribution in [0.15, 0.2) is 50.3 Å². The molecule has 0 N–H and O–H groups in total. The zero-order chi connectivity index (χ0) is 14.5. The van der Waals surface area contributed by atoms with E-state index in [2.05, 4.69) is 28.4 Å². The van der Waals surface area contributed by atoms with Gasteiger partial charge in [0.1, 0.15) is 0 Å². The average molecular weight is 286 g/mol. The van der Waals surface area contributed by atoms with Crippen LogP contribution in [0.2, 0.25) is 0 Å². The van der Waals surface area contributed by atoms with Crippen molar-refractivity contribution in [3.05, 3.63) is 46.2 Å². The van der Waals surface area contributed by atoms with Gasteiger partial charge in [-0.05, 0) is 25.3 Å². The Morgan fingerprint density at radius 1 is 1.25 bits per heavy atom. The molecule has 0 bridgehead atoms. The molecule has 0 aliphatic rings. The van der Waals surface area contributed by atoms with Crippen molar-refractivity contribution in [1.82, 2.24) is 9.55 Å². The molecule has 1 aromatic carbocycles. The molecule has 0 amide bonds. The van der Waals surface area contributed by atoms with E-state index in [0.29, 0.717) is 17.5 Å². The van der Waals surface area contributed by atoms with Crippen LogP contribution in [0.25, 0.3) is 0 Å². The van der Waals surface area contributed by atoms with Gasteiger partial charge in [-0.15, -0.1) is 0 Å². The maximum atomic E-state index is 11.9. The monoisotopic (exact) mass is 286 g/mol. The van der Waals surface area contributed by atoms with Gasteiger partial charge in [0.25, 0.3) is 0 Å². The molecule has 0 unspecified atom stereocenters. The van der Waals surface area contributed by atoms with Gasteiger partial charge in [-0.2, -0.15) is 4.98 Å². The summed E-state index contributed by atoms with van der Waals surface area (Å²) in [5.74, 6) is 0.396. The van der Waals surface area contributed by atoms with Crippen molar-refractivity contribution >= 4 is 36.7 Å². The van der Waals surface area contributed by atoms with E-state index in [-0.39, 0.29) is 5.69 Å². The largest absolute Gasteiger partial charge is 0.301 e. The van der Waals surface area contributed by atoms with Gasteiger partial charge in [-0.3, -0.25) is 14.4 Å². The van der Waals surface area contributed by atoms with Crippen molar-refractivity contribution in [1.29, 1.82) is 0 Å². The molecule has 0 fully saturated rings. The lowest BCUT2D eigenvalue weighted by molar-refractivity contribution is 0.670. The Labute approximate surface area is 121 Å². The first-order valence-electron chi connectivity index (χ1n) is 5.87. The second kappa shape index (κ2) is 6.29. The van der Waals surface area contributed by atoms with E-state index < -0.39 is 5.56 Å². The van der Waals surface area contributed by atoms with Crippen molar-refractivity contribution in [3.8, 4) is 0 Å². The van der Waals surface area contributed by atoms with Gasteiger partial charge in [0.2, 0.25) is 0 Å². The second-order valence-corrected chi connectivity index (χ2v) is 4.74. The number of thioether (sulfide) groups is 1. The van der Waals surface area contributed by atoms with E-state index in [0.717, 1.165) is 5.56 Å². The third kappa shape index (κ3) is 2.70. The highest BCUT2D eigenvalue weighted by molar-refractivity contribution is 7.98. The molecule has 5 nitrogen and oxygen atoms in total. The molecule has 102 valence electrons. The van der Waals surface area contributed by atoms with Crippen LogP contribution in [-0.2, 0) is 6.54 Å². The first-order chi connectivity index (χ1) is 9.71. The first kappa shape index (κ1) is 14.2. The molecule has 2 aromatic rings. The normalized spacial score (nSPS) is 10.2. The number of hydrogen-bond acceptors (Lipinski definition) is 5. The Morgan fingerprint density at radius 2 is 1.95 bits per heavy atom. The van der Waals surface area contributed by atoms with Crippen LogP contribution in [0.5, 0.6) is 0 Å². The van der Waals surface area contributed by atoms with Crippen LogP contribution < -0.4 is 5.56 Å². The van der Waals surface area contributed by atoms with Crippen molar-refractivity contribution in [2.75, 3.05) is 6.26 Å². The van der Waals surface area contributed by atoms with Crippen molar-refractivity contribution < 1.29 is 0 Å². The lowest BCUT2D eigenvalue weighted by Crippen LogP contribution is -2.15. The molecule has 0 spiro atoms. The predicted molar refractivity (Wildman–Crippen MR) is 84.2 cm³/mol. The summed E-state index contributed by atoms with van der Waals surface area (Å²) in [4.78, 5) is 23.5. The van der Waals surface area contributed by atoms with E-state index in [4.69, 9.17) is 0 Å². The highest BCUT2D eigenvalue weighted by atomic mass is 32.2. The summed E-state index contributed by atoms with van der Waals surface area (Å²) in [5.41, 5.74) is 0.776. The van der Waals surface area contributed by atoms with Gasteiger partial charge in [0.15, 0.2) is 16.7 Å². The quantitative estimate of drug-likeness (QED) is 0.482. The SMILES string of the molecule is C=Nc1c(N=C)n(Cc2ccccc2)c(SC)nc1=O. The molecule has 0 saturated heterocycles. The number of benzene rings is 1. The molecule has 0 saturated carbocycles. The molecule has 0 aliphatic heterocycles. The Hall–Kier alpha value is -2.21. The minimum atomic E-state index is -0.434. The smallest absolute Gasteiger partial charge is 0.299 e. The molecular weight excluding hydrogens is 272 g/mol. The van der Waals surface area contributed by atoms with Crippen LogP contribution in [0.4, 0.5) is 11.5 Å². The standard InChI is InChI=1S/C14H14N4OS/c1-15-11-12(16-2)18(14(20-3)17-13(11)19)9-10-7-5-4-6-8-10/h4-8H,1-2,9H2,3H3. The highest BCUT2D eigenvalue weighted by Crippen LogP contribution is 2.27. The molecule has 0 radical (unpaired) electrons. The van der Waals surface area contributed by atoms with E-state index in [1.807, 2.05) is 41.2 Å². The summed E-state index contributed by atoms with van der Waals surface area (Å²) in [5, 5.41) is 0.577. The fourth-order valence-electron chi connectivity index (χ4n) is 1.88. The molecule has 1 aromatic heterocycles. The molecular formula is C14H14N4OS. The van der Waals surface area contributed by atoms with Crippen LogP contribution in [0.1, 0.15) is 5.56 Å². The molecule has 2 rings (SSSR count).